The van der Waals surface area contributed by atoms with Crippen LogP contribution in [0.1, 0.15) is 11.1 Å². The highest BCUT2D eigenvalue weighted by Gasteiger charge is 2.30. The third-order valence-corrected chi connectivity index (χ3v) is 3.88. The van der Waals surface area contributed by atoms with E-state index in [2.05, 4.69) is 5.32 Å². The highest BCUT2D eigenvalue weighted by atomic mass is 32.1. The number of amides is 1. The minimum absolute atomic E-state index is 0.00378. The minimum Gasteiger partial charge on any atom is -0.328 e. The van der Waals surface area contributed by atoms with E-state index in [1.54, 1.807) is 18.2 Å². The maximum Gasteiger partial charge on any atom is 0.276 e. The summed E-state index contributed by atoms with van der Waals surface area (Å²) in [7, 11) is 0. The van der Waals surface area contributed by atoms with Gasteiger partial charge in [-0.15, -0.1) is 0 Å². The second-order valence-corrected chi connectivity index (χ2v) is 5.60. The lowest BCUT2D eigenvalue weighted by Gasteiger charge is -2.13. The molecule has 0 unspecified atom stereocenters. The fourth-order valence-corrected chi connectivity index (χ4v) is 2.60. The minimum atomic E-state index is -0.466. The first-order chi connectivity index (χ1) is 11.5. The number of carbonyl (C=O) groups is 1. The molecule has 1 aliphatic heterocycles. The van der Waals surface area contributed by atoms with Crippen LogP contribution in [0, 0.1) is 10.1 Å². The number of non-ortho nitro benzene ring substituents is 1. The van der Waals surface area contributed by atoms with Crippen LogP contribution in [0.15, 0.2) is 60.3 Å². The summed E-state index contributed by atoms with van der Waals surface area (Å²) in [6, 6.07) is 15.5. The monoisotopic (exact) mass is 339 g/mol. The van der Waals surface area contributed by atoms with Crippen molar-refractivity contribution in [3.8, 4) is 0 Å². The van der Waals surface area contributed by atoms with E-state index in [4.69, 9.17) is 12.2 Å². The summed E-state index contributed by atoms with van der Waals surface area (Å²) in [5.41, 5.74) is 2.02. The molecule has 0 aromatic heterocycles. The van der Waals surface area contributed by atoms with Crippen LogP contribution in [0.4, 0.5) is 5.69 Å². The number of hydrogen-bond donors (Lipinski definition) is 1. The number of hydrogen-bond acceptors (Lipinski definition) is 4. The van der Waals surface area contributed by atoms with Crippen molar-refractivity contribution in [2.24, 2.45) is 0 Å². The zero-order valence-electron chi connectivity index (χ0n) is 12.5. The van der Waals surface area contributed by atoms with E-state index in [0.717, 1.165) is 5.56 Å². The molecule has 3 rings (SSSR count). The van der Waals surface area contributed by atoms with Crippen molar-refractivity contribution in [1.82, 2.24) is 10.2 Å². The molecule has 1 fully saturated rings. The van der Waals surface area contributed by atoms with E-state index in [1.165, 1.54) is 17.0 Å². The van der Waals surface area contributed by atoms with Gasteiger partial charge in [-0.25, -0.2) is 0 Å². The fraction of sp³-hybridized carbons (Fsp3) is 0.0588. The molecule has 1 aliphatic rings. The van der Waals surface area contributed by atoms with Gasteiger partial charge >= 0.3 is 0 Å². The van der Waals surface area contributed by atoms with Crippen molar-refractivity contribution >= 4 is 35.0 Å². The Hall–Kier alpha value is -3.06. The molecule has 7 heteroatoms. The van der Waals surface area contributed by atoms with Gasteiger partial charge in [0.05, 0.1) is 11.5 Å². The van der Waals surface area contributed by atoms with E-state index < -0.39 is 4.92 Å². The van der Waals surface area contributed by atoms with Gasteiger partial charge in [-0.1, -0.05) is 30.3 Å². The van der Waals surface area contributed by atoms with Gasteiger partial charge < -0.3 is 5.32 Å². The molecule has 6 nitrogen and oxygen atoms in total. The van der Waals surface area contributed by atoms with Crippen LogP contribution in [0.2, 0.25) is 0 Å². The molecule has 1 N–H and O–H groups in total. The van der Waals surface area contributed by atoms with Gasteiger partial charge in [0, 0.05) is 12.1 Å². The lowest BCUT2D eigenvalue weighted by Crippen LogP contribution is -2.29. The van der Waals surface area contributed by atoms with Crippen LogP contribution in [0.3, 0.4) is 0 Å². The predicted octanol–water partition coefficient (Wildman–Crippen LogP) is 2.85. The van der Waals surface area contributed by atoms with Crippen LogP contribution in [-0.4, -0.2) is 20.8 Å². The quantitative estimate of drug-likeness (QED) is 0.401. The lowest BCUT2D eigenvalue weighted by molar-refractivity contribution is -0.384. The number of nitrogens with zero attached hydrogens (tertiary/aromatic N) is 2. The lowest BCUT2D eigenvalue weighted by atomic mass is 10.1. The maximum absolute atomic E-state index is 12.5. The van der Waals surface area contributed by atoms with Crippen LogP contribution >= 0.6 is 12.2 Å². The van der Waals surface area contributed by atoms with Crippen LogP contribution in [0.25, 0.3) is 6.08 Å². The summed E-state index contributed by atoms with van der Waals surface area (Å²) in [5, 5.41) is 13.9. The van der Waals surface area contributed by atoms with Crippen molar-refractivity contribution in [2.45, 2.75) is 6.54 Å². The Balaban J connectivity index is 1.79. The Morgan fingerprint density at radius 3 is 2.42 bits per heavy atom. The number of rotatable bonds is 4. The second-order valence-electron chi connectivity index (χ2n) is 5.21. The maximum atomic E-state index is 12.5. The van der Waals surface area contributed by atoms with E-state index in [-0.39, 0.29) is 11.6 Å². The summed E-state index contributed by atoms with van der Waals surface area (Å²) in [6.07, 6.45) is 1.63. The number of thiocarbonyl (C=S) groups is 1. The van der Waals surface area contributed by atoms with E-state index in [1.807, 2.05) is 30.3 Å². The molecule has 0 atom stereocenters. The Labute approximate surface area is 143 Å². The second kappa shape index (κ2) is 6.59. The van der Waals surface area contributed by atoms with Crippen molar-refractivity contribution in [2.75, 3.05) is 0 Å². The fourth-order valence-electron chi connectivity index (χ4n) is 2.34. The predicted molar refractivity (Wildman–Crippen MR) is 93.8 cm³/mol. The molecule has 120 valence electrons. The van der Waals surface area contributed by atoms with Gasteiger partial charge in [0.25, 0.3) is 11.6 Å². The van der Waals surface area contributed by atoms with E-state index in [9.17, 15) is 14.9 Å². The Morgan fingerprint density at radius 1 is 1.12 bits per heavy atom. The van der Waals surface area contributed by atoms with Crippen LogP contribution < -0.4 is 5.32 Å². The summed E-state index contributed by atoms with van der Waals surface area (Å²) in [5.74, 6) is -0.220. The van der Waals surface area contributed by atoms with Crippen LogP contribution in [-0.2, 0) is 11.3 Å². The summed E-state index contributed by atoms with van der Waals surface area (Å²) in [6.45, 7) is 0.392. The molecule has 1 saturated heterocycles. The topological polar surface area (TPSA) is 75.5 Å². The molecule has 1 heterocycles. The largest absolute Gasteiger partial charge is 0.328 e. The Bertz CT molecular complexity index is 832. The van der Waals surface area contributed by atoms with Gasteiger partial charge in [0.1, 0.15) is 5.70 Å². The third-order valence-electron chi connectivity index (χ3n) is 3.56. The first-order valence-electron chi connectivity index (χ1n) is 7.17. The zero-order valence-corrected chi connectivity index (χ0v) is 13.3. The molecule has 1 amide bonds. The molecule has 0 bridgehead atoms. The molecule has 2 aromatic carbocycles. The molecule has 24 heavy (non-hydrogen) atoms. The molecule has 0 aliphatic carbocycles. The number of nitrogens with one attached hydrogen (secondary N) is 1. The Morgan fingerprint density at radius 2 is 1.79 bits per heavy atom. The molecule has 0 radical (unpaired) electrons. The number of nitro benzene ring substituents is 1. The highest BCUT2D eigenvalue weighted by Crippen LogP contribution is 2.18. The average molecular weight is 339 g/mol. The van der Waals surface area contributed by atoms with Crippen molar-refractivity contribution < 1.29 is 9.72 Å². The summed E-state index contributed by atoms with van der Waals surface area (Å²) in [4.78, 5) is 24.2. The molecule has 2 aromatic rings. The van der Waals surface area contributed by atoms with Crippen molar-refractivity contribution in [3.63, 3.8) is 0 Å². The first kappa shape index (κ1) is 15.8. The molecular weight excluding hydrogens is 326 g/mol. The summed E-state index contributed by atoms with van der Waals surface area (Å²) < 4.78 is 0. The normalized spacial score (nSPS) is 15.7. The smallest absolute Gasteiger partial charge is 0.276 e. The first-order valence-corrected chi connectivity index (χ1v) is 7.58. The van der Waals surface area contributed by atoms with Gasteiger partial charge in [0.2, 0.25) is 0 Å². The van der Waals surface area contributed by atoms with Gasteiger partial charge in [0.15, 0.2) is 5.11 Å². The van der Waals surface area contributed by atoms with E-state index in [0.29, 0.717) is 22.9 Å². The highest BCUT2D eigenvalue weighted by molar-refractivity contribution is 7.80. The number of carbonyl (C=O) groups excluding carboxylic acids is 1. The van der Waals surface area contributed by atoms with Gasteiger partial charge in [-0.05, 0) is 41.6 Å². The molecule has 0 spiro atoms. The van der Waals surface area contributed by atoms with Crippen molar-refractivity contribution in [1.29, 1.82) is 0 Å². The Kier molecular flexibility index (Phi) is 4.35. The van der Waals surface area contributed by atoms with Gasteiger partial charge in [-0.2, -0.15) is 0 Å². The molecule has 0 saturated carbocycles. The number of nitro groups is 1. The third kappa shape index (κ3) is 3.31. The number of benzene rings is 2. The average Bonchev–Trinajstić information content (AvgIpc) is 2.84. The van der Waals surface area contributed by atoms with Crippen LogP contribution in [0.5, 0.6) is 0 Å². The van der Waals surface area contributed by atoms with E-state index >= 15 is 0 Å². The zero-order chi connectivity index (χ0) is 17.1. The standard InChI is InChI=1S/C17H13N3O3S/c21-16-15(10-12-6-8-14(9-7-12)20(22)23)18-17(24)19(16)11-13-4-2-1-3-5-13/h1-10H,11H2,(H,18,24). The van der Waals surface area contributed by atoms with Crippen molar-refractivity contribution in [3.05, 3.63) is 81.5 Å². The SMILES string of the molecule is O=C1C(=Cc2ccc([N+](=O)[O-])cc2)NC(=S)N1Cc1ccccc1. The van der Waals surface area contributed by atoms with Gasteiger partial charge in [-0.3, -0.25) is 19.8 Å². The molecular formula is C17H13N3O3S. The summed E-state index contributed by atoms with van der Waals surface area (Å²) >= 11 is 5.23.